The number of carbonyl (C=O) groups excluding carboxylic acids is 2. The highest BCUT2D eigenvalue weighted by Crippen LogP contribution is 2.21. The van der Waals surface area contributed by atoms with Crippen LogP contribution in [-0.4, -0.2) is 75.5 Å². The average molecular weight is 616 g/mol. The molecule has 10 nitrogen and oxygen atoms in total. The third-order valence-corrected chi connectivity index (χ3v) is 9.17. The van der Waals surface area contributed by atoms with Crippen molar-refractivity contribution in [2.75, 3.05) is 40.0 Å². The van der Waals surface area contributed by atoms with Gasteiger partial charge in [0.1, 0.15) is 17.5 Å². The van der Waals surface area contributed by atoms with E-state index in [1.54, 1.807) is 32.2 Å². The summed E-state index contributed by atoms with van der Waals surface area (Å²) in [5, 5.41) is 3.39. The summed E-state index contributed by atoms with van der Waals surface area (Å²) in [4.78, 5) is 28.1. The molecule has 1 saturated heterocycles. The molecule has 0 bridgehead atoms. The molecule has 4 rings (SSSR count). The lowest BCUT2D eigenvalue weighted by Crippen LogP contribution is -2.48. The number of morpholine rings is 1. The van der Waals surface area contributed by atoms with E-state index in [0.29, 0.717) is 42.8 Å². The number of nitrogens with one attached hydrogen (secondary N) is 1. The van der Waals surface area contributed by atoms with Crippen LogP contribution in [0.2, 0.25) is 5.02 Å². The van der Waals surface area contributed by atoms with Crippen molar-refractivity contribution in [3.05, 3.63) is 88.9 Å². The van der Waals surface area contributed by atoms with Gasteiger partial charge in [-0.05, 0) is 60.5 Å². The van der Waals surface area contributed by atoms with Crippen molar-refractivity contribution in [3.8, 4) is 11.5 Å². The standard InChI is InChI=1S/C30H34ClN3O7S/c1-22(30(36)32-19-24-5-3-4-6-28(24)31)34(20-23-7-9-25(39-2)10-8-23)29(35)21-41-26-11-13-27(14-12-26)42(37,38)33-15-17-40-18-16-33/h3-14,22H,15-21H2,1-2H3,(H,32,36)/t22-/m0/s1. The maximum Gasteiger partial charge on any atom is 0.261 e. The van der Waals surface area contributed by atoms with Gasteiger partial charge in [-0.3, -0.25) is 9.59 Å². The first-order chi connectivity index (χ1) is 20.2. The van der Waals surface area contributed by atoms with Crippen LogP contribution in [0, 0.1) is 0 Å². The van der Waals surface area contributed by atoms with Gasteiger partial charge in [0.15, 0.2) is 6.61 Å². The molecule has 3 aromatic carbocycles. The lowest BCUT2D eigenvalue weighted by Gasteiger charge is -2.29. The summed E-state index contributed by atoms with van der Waals surface area (Å²) in [5.74, 6) is 0.222. The highest BCUT2D eigenvalue weighted by molar-refractivity contribution is 7.89. The summed E-state index contributed by atoms with van der Waals surface area (Å²) in [6, 6.07) is 19.5. The van der Waals surface area contributed by atoms with Crippen LogP contribution in [0.4, 0.5) is 0 Å². The number of hydrogen-bond acceptors (Lipinski definition) is 7. The number of carbonyl (C=O) groups is 2. The molecule has 0 radical (unpaired) electrons. The van der Waals surface area contributed by atoms with Gasteiger partial charge in [-0.15, -0.1) is 0 Å². The second-order valence-corrected chi connectivity index (χ2v) is 12.0. The van der Waals surface area contributed by atoms with Crippen LogP contribution in [0.5, 0.6) is 11.5 Å². The second kappa shape index (κ2) is 14.5. The lowest BCUT2D eigenvalue weighted by molar-refractivity contribution is -0.142. The molecule has 3 aromatic rings. The number of hydrogen-bond donors (Lipinski definition) is 1. The molecule has 1 fully saturated rings. The summed E-state index contributed by atoms with van der Waals surface area (Å²) in [5.41, 5.74) is 1.56. The fourth-order valence-corrected chi connectivity index (χ4v) is 5.96. The molecule has 0 unspecified atom stereocenters. The Labute approximate surface area is 251 Å². The maximum absolute atomic E-state index is 13.4. The van der Waals surface area contributed by atoms with Gasteiger partial charge >= 0.3 is 0 Å². The van der Waals surface area contributed by atoms with E-state index in [1.165, 1.54) is 33.5 Å². The highest BCUT2D eigenvalue weighted by Gasteiger charge is 2.28. The van der Waals surface area contributed by atoms with Crippen molar-refractivity contribution in [1.29, 1.82) is 0 Å². The van der Waals surface area contributed by atoms with Crippen LogP contribution in [-0.2, 0) is 37.4 Å². The van der Waals surface area contributed by atoms with E-state index in [2.05, 4.69) is 5.32 Å². The van der Waals surface area contributed by atoms with Crippen LogP contribution in [0.15, 0.2) is 77.7 Å². The van der Waals surface area contributed by atoms with E-state index in [1.807, 2.05) is 30.3 Å². The Morgan fingerprint density at radius 1 is 1.00 bits per heavy atom. The Bertz CT molecular complexity index is 1460. The second-order valence-electron chi connectivity index (χ2n) is 9.63. The Hall–Kier alpha value is -3.64. The largest absolute Gasteiger partial charge is 0.497 e. The van der Waals surface area contributed by atoms with Gasteiger partial charge in [-0.25, -0.2) is 8.42 Å². The van der Waals surface area contributed by atoms with Crippen LogP contribution in [0.1, 0.15) is 18.1 Å². The zero-order valence-corrected chi connectivity index (χ0v) is 25.1. The number of rotatable bonds is 12. The van der Waals surface area contributed by atoms with E-state index in [9.17, 15) is 18.0 Å². The SMILES string of the molecule is COc1ccc(CN(C(=O)COc2ccc(S(=O)(=O)N3CCOCC3)cc2)[C@@H](C)C(=O)NCc2ccccc2Cl)cc1. The predicted molar refractivity (Wildman–Crippen MR) is 158 cm³/mol. The minimum atomic E-state index is -3.65. The number of nitrogens with zero attached hydrogens (tertiary/aromatic N) is 2. The van der Waals surface area contributed by atoms with Crippen molar-refractivity contribution < 1.29 is 32.2 Å². The van der Waals surface area contributed by atoms with Crippen molar-refractivity contribution in [1.82, 2.24) is 14.5 Å². The van der Waals surface area contributed by atoms with Gasteiger partial charge in [-0.2, -0.15) is 4.31 Å². The van der Waals surface area contributed by atoms with Gasteiger partial charge in [0.2, 0.25) is 15.9 Å². The molecule has 1 N–H and O–H groups in total. The Morgan fingerprint density at radius 2 is 1.64 bits per heavy atom. The van der Waals surface area contributed by atoms with Crippen molar-refractivity contribution in [2.45, 2.75) is 31.0 Å². The highest BCUT2D eigenvalue weighted by atomic mass is 35.5. The lowest BCUT2D eigenvalue weighted by atomic mass is 10.1. The molecule has 42 heavy (non-hydrogen) atoms. The molecule has 1 aliphatic rings. The van der Waals surface area contributed by atoms with E-state index < -0.39 is 22.0 Å². The number of methoxy groups -OCH3 is 1. The predicted octanol–water partition coefficient (Wildman–Crippen LogP) is 3.48. The van der Waals surface area contributed by atoms with Crippen LogP contribution in [0.25, 0.3) is 0 Å². The molecule has 0 spiro atoms. The topological polar surface area (TPSA) is 114 Å². The molecule has 0 aromatic heterocycles. The van der Waals surface area contributed by atoms with Gasteiger partial charge in [0.05, 0.1) is 25.2 Å². The number of amides is 2. The third-order valence-electron chi connectivity index (χ3n) is 6.88. The molecular weight excluding hydrogens is 582 g/mol. The van der Waals surface area contributed by atoms with Gasteiger partial charge < -0.3 is 24.4 Å². The molecular formula is C30H34ClN3O7S. The number of halogens is 1. The van der Waals surface area contributed by atoms with E-state index in [0.717, 1.165) is 11.1 Å². The Morgan fingerprint density at radius 3 is 2.29 bits per heavy atom. The number of benzene rings is 3. The summed E-state index contributed by atoms with van der Waals surface area (Å²) < 4.78 is 43.3. The summed E-state index contributed by atoms with van der Waals surface area (Å²) in [6.07, 6.45) is 0. The average Bonchev–Trinajstić information content (AvgIpc) is 3.02. The molecule has 224 valence electrons. The van der Waals surface area contributed by atoms with Gasteiger partial charge in [-0.1, -0.05) is 41.9 Å². The van der Waals surface area contributed by atoms with Crippen molar-refractivity contribution in [2.24, 2.45) is 0 Å². The molecule has 1 atom stereocenters. The maximum atomic E-state index is 13.4. The first kappa shape index (κ1) is 31.3. The monoisotopic (exact) mass is 615 g/mol. The van der Waals surface area contributed by atoms with Crippen molar-refractivity contribution in [3.63, 3.8) is 0 Å². The normalized spacial score (nSPS) is 14.5. The third kappa shape index (κ3) is 8.01. The first-order valence-electron chi connectivity index (χ1n) is 13.4. The van der Waals surface area contributed by atoms with E-state index in [4.69, 9.17) is 25.8 Å². The smallest absolute Gasteiger partial charge is 0.261 e. The fourth-order valence-electron chi connectivity index (χ4n) is 4.35. The van der Waals surface area contributed by atoms with Crippen LogP contribution >= 0.6 is 11.6 Å². The molecule has 12 heteroatoms. The summed E-state index contributed by atoms with van der Waals surface area (Å²) in [6.45, 7) is 2.96. The first-order valence-corrected chi connectivity index (χ1v) is 15.2. The zero-order chi connectivity index (χ0) is 30.1. The summed E-state index contributed by atoms with van der Waals surface area (Å²) >= 11 is 6.22. The number of ether oxygens (including phenoxy) is 3. The molecule has 0 saturated carbocycles. The van der Waals surface area contributed by atoms with Gasteiger partial charge in [0.25, 0.3) is 5.91 Å². The minimum absolute atomic E-state index is 0.132. The minimum Gasteiger partial charge on any atom is -0.497 e. The molecule has 2 amide bonds. The van der Waals surface area contributed by atoms with Gasteiger partial charge in [0, 0.05) is 31.2 Å². The zero-order valence-electron chi connectivity index (χ0n) is 23.5. The number of sulfonamides is 1. The van der Waals surface area contributed by atoms with Crippen LogP contribution < -0.4 is 14.8 Å². The van der Waals surface area contributed by atoms with Crippen molar-refractivity contribution >= 4 is 33.4 Å². The molecule has 1 aliphatic heterocycles. The fraction of sp³-hybridized carbons (Fsp3) is 0.333. The quantitative estimate of drug-likeness (QED) is 0.332. The molecule has 1 heterocycles. The Balaban J connectivity index is 1.43. The Kier molecular flexibility index (Phi) is 10.8. The van der Waals surface area contributed by atoms with E-state index in [-0.39, 0.29) is 30.5 Å². The molecule has 0 aliphatic carbocycles. The van der Waals surface area contributed by atoms with Crippen LogP contribution in [0.3, 0.4) is 0 Å². The summed E-state index contributed by atoms with van der Waals surface area (Å²) in [7, 11) is -2.08. The van der Waals surface area contributed by atoms with E-state index >= 15 is 0 Å².